The minimum absolute atomic E-state index is 0.0388. The number of halogens is 2. The van der Waals surface area contributed by atoms with E-state index in [0.29, 0.717) is 4.70 Å². The van der Waals surface area contributed by atoms with Crippen LogP contribution in [0.3, 0.4) is 0 Å². The number of carbonyl (C=O) groups excluding carboxylic acids is 1. The molecule has 0 aliphatic heterocycles. The first kappa shape index (κ1) is 18.4. The number of carbonyl (C=O) groups is 1. The van der Waals surface area contributed by atoms with Crippen LogP contribution in [0.5, 0.6) is 0 Å². The molecule has 0 atom stereocenters. The van der Waals surface area contributed by atoms with Gasteiger partial charge >= 0.3 is 0 Å². The van der Waals surface area contributed by atoms with E-state index in [0.717, 1.165) is 27.9 Å². The van der Waals surface area contributed by atoms with Crippen LogP contribution in [0.15, 0.2) is 46.3 Å². The van der Waals surface area contributed by atoms with Crippen molar-refractivity contribution in [1.29, 1.82) is 0 Å². The Morgan fingerprint density at radius 2 is 2.04 bits per heavy atom. The topological polar surface area (TPSA) is 34.4 Å². The van der Waals surface area contributed by atoms with E-state index < -0.39 is 11.6 Å². The maximum Gasteiger partial charge on any atom is 0.252 e. The Morgan fingerprint density at radius 3 is 2.69 bits per heavy atom. The van der Waals surface area contributed by atoms with Crippen LogP contribution >= 0.6 is 23.1 Å². The Bertz CT molecular complexity index is 1080. The zero-order chi connectivity index (χ0) is 18.7. The van der Waals surface area contributed by atoms with E-state index in [1.165, 1.54) is 10.6 Å². The molecule has 0 radical (unpaired) electrons. The van der Waals surface area contributed by atoms with Crippen molar-refractivity contribution in [2.75, 3.05) is 6.26 Å². The maximum absolute atomic E-state index is 14.1. The normalized spacial score (nSPS) is 11.7. The van der Waals surface area contributed by atoms with Gasteiger partial charge in [0.25, 0.3) is 5.91 Å². The molecule has 1 amide bonds. The van der Waals surface area contributed by atoms with Crippen molar-refractivity contribution >= 4 is 39.2 Å². The molecule has 0 N–H and O–H groups in total. The lowest BCUT2D eigenvalue weighted by atomic mass is 10.1. The number of amides is 1. The molecule has 26 heavy (non-hydrogen) atoms. The summed E-state index contributed by atoms with van der Waals surface area (Å²) in [7, 11) is 0. The molecular formula is C19H14F2N2OS2. The van der Waals surface area contributed by atoms with Gasteiger partial charge in [0.1, 0.15) is 5.82 Å². The van der Waals surface area contributed by atoms with Gasteiger partial charge in [0.15, 0.2) is 10.6 Å². The average molecular weight is 388 g/mol. The van der Waals surface area contributed by atoms with Crippen molar-refractivity contribution in [3.63, 3.8) is 0 Å². The van der Waals surface area contributed by atoms with Crippen LogP contribution in [0, 0.1) is 24.0 Å². The molecule has 3 nitrogen and oxygen atoms in total. The molecular weight excluding hydrogens is 374 g/mol. The number of terminal acetylenes is 1. The number of benzene rings is 2. The quantitative estimate of drug-likeness (QED) is 0.500. The number of nitrogens with zero attached hydrogens (tertiary/aromatic N) is 2. The summed E-state index contributed by atoms with van der Waals surface area (Å²) in [4.78, 5) is 17.8. The monoisotopic (exact) mass is 388 g/mol. The third-order valence-corrected chi connectivity index (χ3v) is 5.45. The Balaban J connectivity index is 1.99. The Labute approximate surface area is 157 Å². The van der Waals surface area contributed by atoms with E-state index in [1.807, 2.05) is 30.5 Å². The van der Waals surface area contributed by atoms with Crippen molar-refractivity contribution in [3.05, 3.63) is 58.4 Å². The molecule has 3 aromatic rings. The van der Waals surface area contributed by atoms with Crippen LogP contribution in [0.2, 0.25) is 0 Å². The second-order valence-electron chi connectivity index (χ2n) is 5.44. The molecule has 0 fully saturated rings. The van der Waals surface area contributed by atoms with Gasteiger partial charge in [-0.25, -0.2) is 8.78 Å². The molecule has 0 aliphatic carbocycles. The van der Waals surface area contributed by atoms with E-state index in [9.17, 15) is 13.6 Å². The number of thioether (sulfide) groups is 1. The highest BCUT2D eigenvalue weighted by Crippen LogP contribution is 2.22. The largest absolute Gasteiger partial charge is 0.302 e. The molecule has 0 bridgehead atoms. The Hall–Kier alpha value is -2.43. The first-order chi connectivity index (χ1) is 12.5. The van der Waals surface area contributed by atoms with E-state index in [4.69, 9.17) is 6.42 Å². The summed E-state index contributed by atoms with van der Waals surface area (Å²) in [5.41, 5.74) is 0.989. The predicted octanol–water partition coefficient (Wildman–Crippen LogP) is 4.01. The summed E-state index contributed by atoms with van der Waals surface area (Å²) >= 11 is 2.65. The van der Waals surface area contributed by atoms with Crippen molar-refractivity contribution in [3.8, 4) is 12.3 Å². The molecule has 1 heterocycles. The summed E-state index contributed by atoms with van der Waals surface area (Å²) in [6, 6.07) is 9.61. The van der Waals surface area contributed by atoms with E-state index in [2.05, 4.69) is 10.9 Å². The van der Waals surface area contributed by atoms with Crippen molar-refractivity contribution in [2.45, 2.75) is 17.9 Å². The lowest BCUT2D eigenvalue weighted by molar-refractivity contribution is -0.117. The van der Waals surface area contributed by atoms with Gasteiger partial charge in [-0.05, 0) is 30.0 Å². The van der Waals surface area contributed by atoms with Crippen LogP contribution in [0.25, 0.3) is 10.2 Å². The van der Waals surface area contributed by atoms with Gasteiger partial charge in [-0.15, -0.1) is 18.2 Å². The fourth-order valence-electron chi connectivity index (χ4n) is 2.52. The van der Waals surface area contributed by atoms with Gasteiger partial charge in [0, 0.05) is 11.0 Å². The minimum Gasteiger partial charge on any atom is -0.302 e. The van der Waals surface area contributed by atoms with Gasteiger partial charge in [0.2, 0.25) is 0 Å². The van der Waals surface area contributed by atoms with E-state index in [1.54, 1.807) is 11.8 Å². The Morgan fingerprint density at radius 1 is 1.31 bits per heavy atom. The van der Waals surface area contributed by atoms with Gasteiger partial charge in [-0.1, -0.05) is 29.4 Å². The smallest absolute Gasteiger partial charge is 0.252 e. The summed E-state index contributed by atoms with van der Waals surface area (Å²) in [6.07, 6.45) is 7.45. The lowest BCUT2D eigenvalue weighted by Crippen LogP contribution is -2.17. The van der Waals surface area contributed by atoms with Crippen LogP contribution in [0.4, 0.5) is 8.78 Å². The molecule has 0 unspecified atom stereocenters. The number of thiazole rings is 1. The number of hydrogen-bond donors (Lipinski definition) is 0. The third-order valence-electron chi connectivity index (χ3n) is 3.68. The molecule has 0 saturated heterocycles. The third kappa shape index (κ3) is 3.87. The average Bonchev–Trinajstić information content (AvgIpc) is 2.93. The second-order valence-corrected chi connectivity index (χ2v) is 7.33. The minimum atomic E-state index is -0.729. The number of fused-ring (bicyclic) bond motifs is 1. The molecule has 2 aromatic carbocycles. The molecule has 0 spiro atoms. The molecule has 0 saturated carbocycles. The summed E-state index contributed by atoms with van der Waals surface area (Å²) in [5.74, 6) is 0.628. The summed E-state index contributed by atoms with van der Waals surface area (Å²) < 4.78 is 29.4. The Kier molecular flexibility index (Phi) is 5.55. The van der Waals surface area contributed by atoms with Gasteiger partial charge in [-0.2, -0.15) is 4.99 Å². The molecule has 1 aromatic heterocycles. The zero-order valence-electron chi connectivity index (χ0n) is 13.8. The molecule has 7 heteroatoms. The van der Waals surface area contributed by atoms with Crippen LogP contribution in [0.1, 0.15) is 5.56 Å². The highest BCUT2D eigenvalue weighted by atomic mass is 32.2. The molecule has 0 aliphatic rings. The molecule has 132 valence electrons. The van der Waals surface area contributed by atoms with E-state index >= 15 is 0 Å². The number of hydrogen-bond acceptors (Lipinski definition) is 3. The first-order valence-corrected chi connectivity index (χ1v) is 9.68. The highest BCUT2D eigenvalue weighted by molar-refractivity contribution is 7.98. The standard InChI is InChI=1S/C19H14F2N2OS2/c1-3-8-23-18-15(21)10-13(20)11-16(18)26-19(23)22-17(24)9-12-4-6-14(25-2)7-5-12/h1,4-7,10-11H,8-9H2,2H3. The fraction of sp³-hybridized carbons (Fsp3) is 0.158. The SMILES string of the molecule is C#CCn1c(=NC(=O)Cc2ccc(SC)cc2)sc2cc(F)cc(F)c21. The van der Waals surface area contributed by atoms with Crippen molar-refractivity contribution < 1.29 is 13.6 Å². The van der Waals surface area contributed by atoms with Crippen LogP contribution < -0.4 is 4.80 Å². The van der Waals surface area contributed by atoms with Crippen molar-refractivity contribution in [1.82, 2.24) is 4.57 Å². The lowest BCUT2D eigenvalue weighted by Gasteiger charge is -2.02. The summed E-state index contributed by atoms with van der Waals surface area (Å²) in [5, 5.41) is 0. The van der Waals surface area contributed by atoms with Gasteiger partial charge in [0.05, 0.1) is 23.2 Å². The van der Waals surface area contributed by atoms with Crippen molar-refractivity contribution in [2.24, 2.45) is 4.99 Å². The zero-order valence-corrected chi connectivity index (χ0v) is 15.5. The first-order valence-electron chi connectivity index (χ1n) is 7.64. The highest BCUT2D eigenvalue weighted by Gasteiger charge is 2.13. The fourth-order valence-corrected chi connectivity index (χ4v) is 4.01. The van der Waals surface area contributed by atoms with Crippen LogP contribution in [-0.2, 0) is 17.8 Å². The number of aromatic nitrogens is 1. The molecule has 3 rings (SSSR count). The van der Waals surface area contributed by atoms with Gasteiger partial charge in [-0.3, -0.25) is 4.79 Å². The van der Waals surface area contributed by atoms with E-state index in [-0.39, 0.29) is 29.2 Å². The summed E-state index contributed by atoms with van der Waals surface area (Å²) in [6.45, 7) is 0.0388. The maximum atomic E-state index is 14.1. The number of rotatable bonds is 4. The van der Waals surface area contributed by atoms with Gasteiger partial charge < -0.3 is 4.57 Å². The van der Waals surface area contributed by atoms with Crippen LogP contribution in [-0.4, -0.2) is 16.7 Å². The second kappa shape index (κ2) is 7.85. The predicted molar refractivity (Wildman–Crippen MR) is 101 cm³/mol.